The molecule has 0 bridgehead atoms. The number of carbonyl (C=O) groups is 2. The summed E-state index contributed by atoms with van der Waals surface area (Å²) in [4.78, 5) is 24.1. The number of para-hydroxylation sites is 1. The van der Waals surface area contributed by atoms with Gasteiger partial charge in [-0.2, -0.15) is 0 Å². The molecule has 0 unspecified atom stereocenters. The molecule has 0 aliphatic carbocycles. The van der Waals surface area contributed by atoms with E-state index in [1.807, 2.05) is 48.5 Å². The molecule has 0 saturated carbocycles. The number of hydrogen-bond acceptors (Lipinski definition) is 4. The number of amides is 1. The largest absolute Gasteiger partial charge is 0.457 e. The van der Waals surface area contributed by atoms with Gasteiger partial charge in [-0.05, 0) is 42.0 Å². The number of hydrogen-bond donors (Lipinski definition) is 1. The van der Waals surface area contributed by atoms with Crippen molar-refractivity contribution in [2.75, 3.05) is 6.61 Å². The summed E-state index contributed by atoms with van der Waals surface area (Å²) < 4.78 is 10.8. The molecule has 3 rings (SSSR count). The molecular weight excluding hydrogens is 378 g/mol. The fraction of sp³-hybridized carbons (Fsp3) is 0.0909. The van der Waals surface area contributed by atoms with E-state index < -0.39 is 11.9 Å². The Hall–Kier alpha value is -3.31. The van der Waals surface area contributed by atoms with Crippen LogP contribution in [0.1, 0.15) is 15.9 Å². The number of ether oxygens (including phenoxy) is 2. The predicted molar refractivity (Wildman–Crippen MR) is 107 cm³/mol. The molecule has 6 heteroatoms. The summed E-state index contributed by atoms with van der Waals surface area (Å²) >= 11 is 6.04. The first kappa shape index (κ1) is 19.5. The molecule has 0 radical (unpaired) electrons. The molecule has 0 spiro atoms. The average Bonchev–Trinajstić information content (AvgIpc) is 2.72. The van der Waals surface area contributed by atoms with Crippen LogP contribution in [0.3, 0.4) is 0 Å². The Labute approximate surface area is 167 Å². The van der Waals surface area contributed by atoms with Gasteiger partial charge in [0.1, 0.15) is 11.5 Å². The molecular formula is C22H18ClNO4. The highest BCUT2D eigenvalue weighted by Gasteiger charge is 2.12. The van der Waals surface area contributed by atoms with Crippen LogP contribution in [0.5, 0.6) is 11.5 Å². The topological polar surface area (TPSA) is 64.6 Å². The van der Waals surface area contributed by atoms with E-state index >= 15 is 0 Å². The lowest BCUT2D eigenvalue weighted by atomic mass is 10.2. The lowest BCUT2D eigenvalue weighted by Crippen LogP contribution is -2.28. The molecule has 142 valence electrons. The summed E-state index contributed by atoms with van der Waals surface area (Å²) in [6.07, 6.45) is 0. The van der Waals surface area contributed by atoms with Crippen LogP contribution in [0.4, 0.5) is 0 Å². The van der Waals surface area contributed by atoms with Crippen molar-refractivity contribution in [2.45, 2.75) is 6.54 Å². The monoisotopic (exact) mass is 395 g/mol. The van der Waals surface area contributed by atoms with Crippen molar-refractivity contribution in [3.8, 4) is 11.5 Å². The number of carbonyl (C=O) groups excluding carboxylic acids is 2. The molecule has 0 saturated heterocycles. The van der Waals surface area contributed by atoms with Gasteiger partial charge in [0.15, 0.2) is 6.61 Å². The maximum Gasteiger partial charge on any atom is 0.338 e. The first-order chi connectivity index (χ1) is 13.6. The van der Waals surface area contributed by atoms with Gasteiger partial charge in [-0.3, -0.25) is 4.79 Å². The van der Waals surface area contributed by atoms with Crippen LogP contribution < -0.4 is 10.1 Å². The normalized spacial score (nSPS) is 10.2. The molecule has 0 heterocycles. The minimum Gasteiger partial charge on any atom is -0.457 e. The third kappa shape index (κ3) is 5.59. The molecule has 3 aromatic rings. The second kappa shape index (κ2) is 9.58. The number of esters is 1. The van der Waals surface area contributed by atoms with Crippen molar-refractivity contribution >= 4 is 23.5 Å². The zero-order valence-electron chi connectivity index (χ0n) is 14.9. The van der Waals surface area contributed by atoms with Crippen LogP contribution in [0, 0.1) is 0 Å². The smallest absolute Gasteiger partial charge is 0.338 e. The standard InChI is InChI=1S/C22H18ClNO4/c23-20-12-5-4-7-17(20)14-24-21(25)15-27-22(26)16-8-6-11-19(13-16)28-18-9-2-1-3-10-18/h1-13H,14-15H2,(H,24,25). The van der Waals surface area contributed by atoms with E-state index in [1.54, 1.807) is 30.3 Å². The first-order valence-corrected chi connectivity index (χ1v) is 9.00. The van der Waals surface area contributed by atoms with Crippen LogP contribution in [-0.2, 0) is 16.1 Å². The lowest BCUT2D eigenvalue weighted by Gasteiger charge is -2.09. The van der Waals surface area contributed by atoms with Gasteiger partial charge in [-0.15, -0.1) is 0 Å². The van der Waals surface area contributed by atoms with Crippen LogP contribution in [0.2, 0.25) is 5.02 Å². The second-order valence-corrected chi connectivity index (χ2v) is 6.29. The fourth-order valence-electron chi connectivity index (χ4n) is 2.41. The van der Waals surface area contributed by atoms with Gasteiger partial charge in [0.25, 0.3) is 5.91 Å². The van der Waals surface area contributed by atoms with Gasteiger partial charge >= 0.3 is 5.97 Å². The molecule has 0 fully saturated rings. The number of benzene rings is 3. The van der Waals surface area contributed by atoms with Gasteiger partial charge in [-0.1, -0.05) is 54.1 Å². The Bertz CT molecular complexity index is 960. The molecule has 5 nitrogen and oxygen atoms in total. The summed E-state index contributed by atoms with van der Waals surface area (Å²) in [5.41, 5.74) is 1.09. The molecule has 0 aliphatic rings. The van der Waals surface area contributed by atoms with E-state index in [4.69, 9.17) is 21.1 Å². The molecule has 1 amide bonds. The van der Waals surface area contributed by atoms with E-state index in [0.29, 0.717) is 22.1 Å². The van der Waals surface area contributed by atoms with Gasteiger partial charge < -0.3 is 14.8 Å². The zero-order valence-corrected chi connectivity index (χ0v) is 15.7. The van der Waals surface area contributed by atoms with Crippen molar-refractivity contribution in [3.63, 3.8) is 0 Å². The quantitative estimate of drug-likeness (QED) is 0.593. The summed E-state index contributed by atoms with van der Waals surface area (Å²) in [6, 6.07) is 23.0. The minimum atomic E-state index is -0.605. The van der Waals surface area contributed by atoms with E-state index in [-0.39, 0.29) is 13.2 Å². The van der Waals surface area contributed by atoms with Crippen LogP contribution >= 0.6 is 11.6 Å². The predicted octanol–water partition coefficient (Wildman–Crippen LogP) is 4.61. The first-order valence-electron chi connectivity index (χ1n) is 8.62. The van der Waals surface area contributed by atoms with Gasteiger partial charge in [-0.25, -0.2) is 4.79 Å². The molecule has 1 N–H and O–H groups in total. The van der Waals surface area contributed by atoms with Gasteiger partial charge in [0.05, 0.1) is 5.56 Å². The van der Waals surface area contributed by atoms with E-state index in [9.17, 15) is 9.59 Å². The number of halogens is 1. The molecule has 28 heavy (non-hydrogen) atoms. The molecule has 0 aliphatic heterocycles. The Morgan fingerprint density at radius 3 is 2.36 bits per heavy atom. The summed E-state index contributed by atoms with van der Waals surface area (Å²) in [6.45, 7) is -0.122. The van der Waals surface area contributed by atoms with Gasteiger partial charge in [0.2, 0.25) is 0 Å². The minimum absolute atomic E-state index is 0.260. The lowest BCUT2D eigenvalue weighted by molar-refractivity contribution is -0.124. The van der Waals surface area contributed by atoms with Crippen LogP contribution in [0.25, 0.3) is 0 Å². The summed E-state index contributed by atoms with van der Waals surface area (Å²) in [5.74, 6) is 0.146. The Balaban J connectivity index is 1.51. The Kier molecular flexibility index (Phi) is 6.65. The second-order valence-electron chi connectivity index (χ2n) is 5.89. The highest BCUT2D eigenvalue weighted by molar-refractivity contribution is 6.31. The van der Waals surface area contributed by atoms with Crippen molar-refractivity contribution in [1.29, 1.82) is 0 Å². The third-order valence-electron chi connectivity index (χ3n) is 3.82. The van der Waals surface area contributed by atoms with Crippen LogP contribution in [-0.4, -0.2) is 18.5 Å². The van der Waals surface area contributed by atoms with Crippen molar-refractivity contribution in [1.82, 2.24) is 5.32 Å². The van der Waals surface area contributed by atoms with E-state index in [0.717, 1.165) is 5.56 Å². The van der Waals surface area contributed by atoms with E-state index in [2.05, 4.69) is 5.32 Å². The average molecular weight is 396 g/mol. The van der Waals surface area contributed by atoms with Crippen LogP contribution in [0.15, 0.2) is 78.9 Å². The van der Waals surface area contributed by atoms with Crippen molar-refractivity contribution in [2.24, 2.45) is 0 Å². The van der Waals surface area contributed by atoms with E-state index in [1.165, 1.54) is 0 Å². The van der Waals surface area contributed by atoms with Crippen molar-refractivity contribution < 1.29 is 19.1 Å². The molecule has 0 aromatic heterocycles. The fourth-order valence-corrected chi connectivity index (χ4v) is 2.61. The zero-order chi connectivity index (χ0) is 19.8. The maximum absolute atomic E-state index is 12.2. The Morgan fingerprint density at radius 1 is 0.857 bits per heavy atom. The third-order valence-corrected chi connectivity index (χ3v) is 4.19. The van der Waals surface area contributed by atoms with Crippen molar-refractivity contribution in [3.05, 3.63) is 95.0 Å². The van der Waals surface area contributed by atoms with Gasteiger partial charge in [0, 0.05) is 11.6 Å². The maximum atomic E-state index is 12.2. The number of rotatable bonds is 7. The SMILES string of the molecule is O=C(COC(=O)c1cccc(Oc2ccccc2)c1)NCc1ccccc1Cl. The molecule has 0 atom stereocenters. The Morgan fingerprint density at radius 2 is 1.57 bits per heavy atom. The summed E-state index contributed by atoms with van der Waals surface area (Å²) in [5, 5.41) is 3.23. The molecule has 3 aromatic carbocycles. The summed E-state index contributed by atoms with van der Waals surface area (Å²) in [7, 11) is 0. The highest BCUT2D eigenvalue weighted by Crippen LogP contribution is 2.22. The highest BCUT2D eigenvalue weighted by atomic mass is 35.5. The number of nitrogens with one attached hydrogen (secondary N) is 1.